The lowest BCUT2D eigenvalue weighted by Crippen LogP contribution is -2.43. The number of hydrogen-bond acceptors (Lipinski definition) is 10. The van der Waals surface area contributed by atoms with Crippen molar-refractivity contribution in [1.82, 2.24) is 19.5 Å². The summed E-state index contributed by atoms with van der Waals surface area (Å²) < 4.78 is 34.3. The highest BCUT2D eigenvalue weighted by Crippen LogP contribution is 2.33. The molecule has 0 spiro atoms. The van der Waals surface area contributed by atoms with E-state index >= 15 is 0 Å². The third-order valence-electron chi connectivity index (χ3n) is 4.84. The van der Waals surface area contributed by atoms with E-state index in [9.17, 15) is 13.2 Å². The van der Waals surface area contributed by atoms with Gasteiger partial charge in [-0.15, -0.1) is 17.5 Å². The van der Waals surface area contributed by atoms with E-state index in [4.69, 9.17) is 4.74 Å². The van der Waals surface area contributed by atoms with Crippen LogP contribution in [-0.2, 0) is 14.6 Å². The number of aryl methyl sites for hydroxylation is 1. The second kappa shape index (κ2) is 9.84. The van der Waals surface area contributed by atoms with E-state index in [2.05, 4.69) is 19.5 Å². The van der Waals surface area contributed by atoms with Gasteiger partial charge in [0.25, 0.3) is 5.91 Å². The molecule has 3 aromatic rings. The molecule has 0 N–H and O–H groups in total. The number of sulfone groups is 1. The van der Waals surface area contributed by atoms with Gasteiger partial charge in [0.1, 0.15) is 10.4 Å². The van der Waals surface area contributed by atoms with Crippen LogP contribution in [0.2, 0.25) is 0 Å². The van der Waals surface area contributed by atoms with Crippen LogP contribution in [0.25, 0.3) is 10.2 Å². The molecule has 0 aliphatic carbocycles. The summed E-state index contributed by atoms with van der Waals surface area (Å²) in [6.07, 6.45) is 1.16. The first-order valence-electron chi connectivity index (χ1n) is 9.35. The summed E-state index contributed by atoms with van der Waals surface area (Å²) in [5, 5.41) is 4.42. The van der Waals surface area contributed by atoms with Crippen LogP contribution in [-0.4, -0.2) is 79.4 Å². The fourth-order valence-corrected chi connectivity index (χ4v) is 5.75. The summed E-state index contributed by atoms with van der Waals surface area (Å²) in [5.74, 6) is -0.226. The quantitative estimate of drug-likeness (QED) is 0.504. The molecule has 0 unspecified atom stereocenters. The lowest BCUT2D eigenvalue weighted by Gasteiger charge is -2.29. The third kappa shape index (κ3) is 5.21. The lowest BCUT2D eigenvalue weighted by molar-refractivity contribution is 0.0391. The number of carbonyl (C=O) groups is 1. The number of nitrogens with zero attached hydrogens (tertiary/aromatic N) is 5. The maximum absolute atomic E-state index is 13.3. The Balaban J connectivity index is 0.00000272. The maximum Gasteiger partial charge on any atom is 0.273 e. The van der Waals surface area contributed by atoms with Crippen LogP contribution >= 0.6 is 35.3 Å². The van der Waals surface area contributed by atoms with Gasteiger partial charge in [0.15, 0.2) is 15.0 Å². The Morgan fingerprint density at radius 2 is 2.03 bits per heavy atom. The van der Waals surface area contributed by atoms with E-state index in [-0.39, 0.29) is 23.2 Å². The van der Waals surface area contributed by atoms with Crippen LogP contribution < -0.4 is 4.90 Å². The number of morpholine rings is 1. The molecule has 0 bridgehead atoms. The Kier molecular flexibility index (Phi) is 7.60. The molecule has 9 nitrogen and oxygen atoms in total. The summed E-state index contributed by atoms with van der Waals surface area (Å²) in [4.78, 5) is 22.4. The number of halogens is 1. The Hall–Kier alpha value is -1.70. The van der Waals surface area contributed by atoms with Crippen molar-refractivity contribution in [2.45, 2.75) is 11.8 Å². The molecule has 1 saturated heterocycles. The van der Waals surface area contributed by atoms with Crippen LogP contribution in [0.1, 0.15) is 15.4 Å². The lowest BCUT2D eigenvalue weighted by atomic mass is 10.3. The van der Waals surface area contributed by atoms with Crippen molar-refractivity contribution >= 4 is 66.4 Å². The molecular formula is C18H22ClN5O4S3. The van der Waals surface area contributed by atoms with Crippen molar-refractivity contribution in [1.29, 1.82) is 0 Å². The zero-order valence-electron chi connectivity index (χ0n) is 17.0. The normalized spacial score (nSPS) is 15.0. The number of rotatable bonds is 6. The Morgan fingerprint density at radius 1 is 1.29 bits per heavy atom. The van der Waals surface area contributed by atoms with Crippen molar-refractivity contribution in [2.24, 2.45) is 0 Å². The van der Waals surface area contributed by atoms with E-state index in [0.717, 1.165) is 35.6 Å². The molecule has 1 amide bonds. The van der Waals surface area contributed by atoms with Gasteiger partial charge in [-0.2, -0.15) is 0 Å². The number of aromatic nitrogens is 3. The molecule has 0 saturated carbocycles. The molecule has 3 heterocycles. The summed E-state index contributed by atoms with van der Waals surface area (Å²) >= 11 is 2.36. The van der Waals surface area contributed by atoms with Gasteiger partial charge >= 0.3 is 0 Å². The number of fused-ring (bicyclic) bond motifs is 1. The van der Waals surface area contributed by atoms with E-state index < -0.39 is 9.84 Å². The van der Waals surface area contributed by atoms with Crippen LogP contribution in [0.5, 0.6) is 0 Å². The second-order valence-electron chi connectivity index (χ2n) is 6.97. The van der Waals surface area contributed by atoms with Crippen molar-refractivity contribution < 1.29 is 17.9 Å². The zero-order chi connectivity index (χ0) is 21.3. The van der Waals surface area contributed by atoms with Crippen molar-refractivity contribution in [3.63, 3.8) is 0 Å². The predicted molar refractivity (Wildman–Crippen MR) is 124 cm³/mol. The number of para-hydroxylation sites is 1. The maximum atomic E-state index is 13.3. The standard InChI is InChI=1S/C18H21N5O4S3.ClH/c1-12-16(29-21-20-12)17(24)23(7-6-22-8-10-27-11-9-22)18-19-15-13(28-18)4-3-5-14(15)30(2,25)26;/h3-5H,6-11H2,1-2H3;1H. The molecule has 1 aromatic carbocycles. The monoisotopic (exact) mass is 503 g/mol. The highest BCUT2D eigenvalue weighted by molar-refractivity contribution is 7.91. The van der Waals surface area contributed by atoms with E-state index in [1.165, 1.54) is 17.4 Å². The summed E-state index contributed by atoms with van der Waals surface area (Å²) in [7, 11) is -3.44. The molecule has 1 fully saturated rings. The van der Waals surface area contributed by atoms with Crippen molar-refractivity contribution in [3.05, 3.63) is 28.8 Å². The molecule has 31 heavy (non-hydrogen) atoms. The molecule has 0 atom stereocenters. The predicted octanol–water partition coefficient (Wildman–Crippen LogP) is 2.26. The van der Waals surface area contributed by atoms with Crippen LogP contribution in [0.4, 0.5) is 5.13 Å². The summed E-state index contributed by atoms with van der Waals surface area (Å²) in [5.41, 5.74) is 0.961. The Bertz CT molecular complexity index is 1170. The minimum atomic E-state index is -3.44. The first-order chi connectivity index (χ1) is 14.3. The molecular weight excluding hydrogens is 482 g/mol. The second-order valence-corrected chi connectivity index (χ2v) is 10.7. The van der Waals surface area contributed by atoms with Gasteiger partial charge in [0, 0.05) is 32.4 Å². The van der Waals surface area contributed by atoms with Gasteiger partial charge in [0.2, 0.25) is 0 Å². The Labute approximate surface area is 194 Å². The fourth-order valence-electron chi connectivity index (χ4n) is 3.23. The first kappa shape index (κ1) is 24.0. The highest BCUT2D eigenvalue weighted by atomic mass is 35.5. The van der Waals surface area contributed by atoms with Gasteiger partial charge in [-0.05, 0) is 30.6 Å². The number of hydrogen-bond donors (Lipinski definition) is 0. The summed E-state index contributed by atoms with van der Waals surface area (Å²) in [6, 6.07) is 5.05. The zero-order valence-corrected chi connectivity index (χ0v) is 20.2. The minimum absolute atomic E-state index is 0. The van der Waals surface area contributed by atoms with Gasteiger partial charge < -0.3 is 4.74 Å². The van der Waals surface area contributed by atoms with E-state index in [0.29, 0.717) is 47.5 Å². The molecule has 1 aliphatic heterocycles. The fraction of sp³-hybridized carbons (Fsp3) is 0.444. The Morgan fingerprint density at radius 3 is 2.68 bits per heavy atom. The van der Waals surface area contributed by atoms with Gasteiger partial charge in [-0.3, -0.25) is 14.6 Å². The van der Waals surface area contributed by atoms with Crippen LogP contribution in [0.3, 0.4) is 0 Å². The molecule has 2 aromatic heterocycles. The molecule has 168 valence electrons. The smallest absolute Gasteiger partial charge is 0.273 e. The minimum Gasteiger partial charge on any atom is -0.379 e. The van der Waals surface area contributed by atoms with Gasteiger partial charge in [0.05, 0.1) is 28.5 Å². The largest absolute Gasteiger partial charge is 0.379 e. The number of amides is 1. The topological polar surface area (TPSA) is 106 Å². The van der Waals surface area contributed by atoms with E-state index in [1.54, 1.807) is 17.9 Å². The third-order valence-corrected chi connectivity index (χ3v) is 7.82. The SMILES string of the molecule is Cc1nnsc1C(=O)N(CCN1CCOCC1)c1nc2c(S(C)(=O)=O)cccc2s1.Cl. The van der Waals surface area contributed by atoms with Crippen molar-refractivity contribution in [3.8, 4) is 0 Å². The number of ether oxygens (including phenoxy) is 1. The van der Waals surface area contributed by atoms with Gasteiger partial charge in [-0.25, -0.2) is 13.4 Å². The highest BCUT2D eigenvalue weighted by Gasteiger charge is 2.27. The van der Waals surface area contributed by atoms with Crippen LogP contribution in [0, 0.1) is 6.92 Å². The summed E-state index contributed by atoms with van der Waals surface area (Å²) in [6.45, 7) is 5.79. The molecule has 1 aliphatic rings. The van der Waals surface area contributed by atoms with Crippen LogP contribution in [0.15, 0.2) is 23.1 Å². The average molecular weight is 504 g/mol. The van der Waals surface area contributed by atoms with Crippen molar-refractivity contribution in [2.75, 3.05) is 50.5 Å². The van der Waals surface area contributed by atoms with Gasteiger partial charge in [-0.1, -0.05) is 21.9 Å². The number of carbonyl (C=O) groups excluding carboxylic acids is 1. The van der Waals surface area contributed by atoms with E-state index in [1.807, 2.05) is 6.07 Å². The molecule has 4 rings (SSSR count). The molecule has 0 radical (unpaired) electrons. The number of anilines is 1. The number of benzene rings is 1. The molecule has 13 heteroatoms. The average Bonchev–Trinajstić information content (AvgIpc) is 3.33. The number of thiazole rings is 1. The first-order valence-corrected chi connectivity index (χ1v) is 12.8.